The minimum atomic E-state index is -0.0826. The van der Waals surface area contributed by atoms with Gasteiger partial charge in [-0.25, -0.2) is 4.39 Å². The third-order valence-corrected chi connectivity index (χ3v) is 4.24. The number of nitrogens with zero attached hydrogens (tertiary/aromatic N) is 1. The minimum Gasteiger partial charge on any atom is -0.368 e. The summed E-state index contributed by atoms with van der Waals surface area (Å²) in [6.45, 7) is 1.12. The van der Waals surface area contributed by atoms with Gasteiger partial charge in [0.05, 0.1) is 0 Å². The predicted octanol–water partition coefficient (Wildman–Crippen LogP) is 4.10. The van der Waals surface area contributed by atoms with E-state index in [1.165, 1.54) is 25.7 Å². The van der Waals surface area contributed by atoms with Gasteiger partial charge in [-0.15, -0.1) is 0 Å². The number of rotatable bonds is 5. The van der Waals surface area contributed by atoms with Crippen molar-refractivity contribution in [3.63, 3.8) is 0 Å². The molecular formula is C14H17BrFN. The summed E-state index contributed by atoms with van der Waals surface area (Å²) in [6, 6.07) is 6.12. The van der Waals surface area contributed by atoms with Gasteiger partial charge in [0.1, 0.15) is 5.82 Å². The van der Waals surface area contributed by atoms with E-state index in [0.29, 0.717) is 11.4 Å². The second-order valence-corrected chi connectivity index (χ2v) is 5.76. The zero-order valence-electron chi connectivity index (χ0n) is 9.83. The Balaban J connectivity index is 1.90. The normalized spacial score (nSPS) is 19.4. The van der Waals surface area contributed by atoms with E-state index >= 15 is 0 Å². The summed E-state index contributed by atoms with van der Waals surface area (Å²) in [5, 5.41) is 0.600. The molecule has 0 heterocycles. The first kappa shape index (κ1) is 11.5. The summed E-state index contributed by atoms with van der Waals surface area (Å²) < 4.78 is 13.8. The number of anilines is 1. The van der Waals surface area contributed by atoms with Crippen LogP contribution in [0.3, 0.4) is 0 Å². The molecule has 0 amide bonds. The van der Waals surface area contributed by atoms with E-state index in [-0.39, 0.29) is 5.82 Å². The predicted molar refractivity (Wildman–Crippen MR) is 72.1 cm³/mol. The number of alkyl halides is 1. The van der Waals surface area contributed by atoms with Crippen molar-refractivity contribution >= 4 is 21.6 Å². The summed E-state index contributed by atoms with van der Waals surface area (Å²) >= 11 is 3.41. The van der Waals surface area contributed by atoms with Crippen LogP contribution in [-0.4, -0.2) is 12.6 Å². The van der Waals surface area contributed by atoms with Gasteiger partial charge in [-0.1, -0.05) is 22.0 Å². The van der Waals surface area contributed by atoms with Crippen LogP contribution >= 0.6 is 15.9 Å². The van der Waals surface area contributed by atoms with Gasteiger partial charge in [0.2, 0.25) is 0 Å². The highest BCUT2D eigenvalue weighted by Gasteiger charge is 2.34. The van der Waals surface area contributed by atoms with Gasteiger partial charge in [0, 0.05) is 29.2 Å². The summed E-state index contributed by atoms with van der Waals surface area (Å²) in [6.07, 6.45) is 5.24. The van der Waals surface area contributed by atoms with Crippen molar-refractivity contribution in [3.05, 3.63) is 29.6 Å². The largest absolute Gasteiger partial charge is 0.368 e. The molecule has 17 heavy (non-hydrogen) atoms. The molecule has 1 aromatic rings. The van der Waals surface area contributed by atoms with Crippen LogP contribution in [0.1, 0.15) is 31.2 Å². The smallest absolute Gasteiger partial charge is 0.129 e. The number of hydrogen-bond donors (Lipinski definition) is 0. The standard InChI is InChI=1S/C14H17BrFN/c15-8-12-13(16)2-1-3-14(12)17(11-6-7-11)9-10-4-5-10/h1-3,10-11H,4-9H2. The van der Waals surface area contributed by atoms with Gasteiger partial charge >= 0.3 is 0 Å². The summed E-state index contributed by atoms with van der Waals surface area (Å²) in [5.74, 6) is 0.767. The molecule has 2 fully saturated rings. The number of halogens is 2. The van der Waals surface area contributed by atoms with E-state index in [1.54, 1.807) is 6.07 Å². The summed E-state index contributed by atoms with van der Waals surface area (Å²) in [5.41, 5.74) is 1.93. The molecule has 2 aliphatic rings. The fraction of sp³-hybridized carbons (Fsp3) is 0.571. The highest BCUT2D eigenvalue weighted by atomic mass is 79.9. The molecule has 0 aromatic heterocycles. The van der Waals surface area contributed by atoms with Crippen molar-refractivity contribution in [1.82, 2.24) is 0 Å². The Morgan fingerprint density at radius 2 is 2.00 bits per heavy atom. The van der Waals surface area contributed by atoms with Crippen LogP contribution in [0.25, 0.3) is 0 Å². The fourth-order valence-corrected chi connectivity index (χ4v) is 2.91. The van der Waals surface area contributed by atoms with Crippen molar-refractivity contribution < 1.29 is 4.39 Å². The third-order valence-electron chi connectivity index (χ3n) is 3.68. The molecule has 1 nitrogen and oxygen atoms in total. The Bertz CT molecular complexity index is 413. The third kappa shape index (κ3) is 2.49. The second-order valence-electron chi connectivity index (χ2n) is 5.20. The minimum absolute atomic E-state index is 0.0826. The average Bonchev–Trinajstić information content (AvgIpc) is 3.17. The Morgan fingerprint density at radius 3 is 2.59 bits per heavy atom. The van der Waals surface area contributed by atoms with Crippen molar-refractivity contribution in [1.29, 1.82) is 0 Å². The van der Waals surface area contributed by atoms with E-state index in [0.717, 1.165) is 23.7 Å². The Labute approximate surface area is 110 Å². The lowest BCUT2D eigenvalue weighted by Gasteiger charge is -2.27. The Kier molecular flexibility index (Phi) is 3.12. The molecule has 0 N–H and O–H groups in total. The van der Waals surface area contributed by atoms with Crippen LogP contribution in [0.2, 0.25) is 0 Å². The zero-order chi connectivity index (χ0) is 11.8. The molecular weight excluding hydrogens is 281 g/mol. The van der Waals surface area contributed by atoms with Gasteiger partial charge in [0.15, 0.2) is 0 Å². The maximum atomic E-state index is 13.8. The van der Waals surface area contributed by atoms with Gasteiger partial charge in [-0.2, -0.15) is 0 Å². The van der Waals surface area contributed by atoms with E-state index in [1.807, 2.05) is 6.07 Å². The molecule has 0 radical (unpaired) electrons. The molecule has 0 aliphatic heterocycles. The first-order valence-corrected chi connectivity index (χ1v) is 7.51. The maximum absolute atomic E-state index is 13.8. The maximum Gasteiger partial charge on any atom is 0.129 e. The van der Waals surface area contributed by atoms with Crippen LogP contribution in [0.5, 0.6) is 0 Å². The molecule has 2 saturated carbocycles. The molecule has 2 aliphatic carbocycles. The van der Waals surface area contributed by atoms with E-state index in [4.69, 9.17) is 0 Å². The first-order valence-electron chi connectivity index (χ1n) is 6.39. The topological polar surface area (TPSA) is 3.24 Å². The monoisotopic (exact) mass is 297 g/mol. The van der Waals surface area contributed by atoms with Gasteiger partial charge in [0.25, 0.3) is 0 Å². The van der Waals surface area contributed by atoms with E-state index in [9.17, 15) is 4.39 Å². The number of hydrogen-bond acceptors (Lipinski definition) is 1. The lowest BCUT2D eigenvalue weighted by Crippen LogP contribution is -2.29. The molecule has 3 rings (SSSR count). The molecule has 0 saturated heterocycles. The molecule has 0 spiro atoms. The zero-order valence-corrected chi connectivity index (χ0v) is 11.4. The van der Waals surface area contributed by atoms with Crippen molar-refractivity contribution in [3.8, 4) is 0 Å². The molecule has 1 aromatic carbocycles. The lowest BCUT2D eigenvalue weighted by atomic mass is 10.1. The molecule has 92 valence electrons. The highest BCUT2D eigenvalue weighted by molar-refractivity contribution is 9.08. The van der Waals surface area contributed by atoms with E-state index < -0.39 is 0 Å². The lowest BCUT2D eigenvalue weighted by molar-refractivity contribution is 0.614. The van der Waals surface area contributed by atoms with Crippen LogP contribution in [-0.2, 0) is 5.33 Å². The van der Waals surface area contributed by atoms with Gasteiger partial charge in [-0.3, -0.25) is 0 Å². The van der Waals surface area contributed by atoms with Crippen molar-refractivity contribution in [2.24, 2.45) is 5.92 Å². The molecule has 0 bridgehead atoms. The van der Waals surface area contributed by atoms with Gasteiger partial charge in [-0.05, 0) is 43.7 Å². The van der Waals surface area contributed by atoms with Crippen LogP contribution in [0.15, 0.2) is 18.2 Å². The van der Waals surface area contributed by atoms with Crippen LogP contribution in [0.4, 0.5) is 10.1 Å². The van der Waals surface area contributed by atoms with Crippen molar-refractivity contribution in [2.75, 3.05) is 11.4 Å². The summed E-state index contributed by atoms with van der Waals surface area (Å²) in [7, 11) is 0. The first-order chi connectivity index (χ1) is 8.29. The number of benzene rings is 1. The fourth-order valence-electron chi connectivity index (χ4n) is 2.36. The van der Waals surface area contributed by atoms with E-state index in [2.05, 4.69) is 26.9 Å². The van der Waals surface area contributed by atoms with Crippen LogP contribution in [0, 0.1) is 11.7 Å². The van der Waals surface area contributed by atoms with Gasteiger partial charge < -0.3 is 4.90 Å². The molecule has 3 heteroatoms. The van der Waals surface area contributed by atoms with Crippen molar-refractivity contribution in [2.45, 2.75) is 37.1 Å². The molecule has 0 atom stereocenters. The molecule has 0 unspecified atom stereocenters. The second kappa shape index (κ2) is 4.60. The highest BCUT2D eigenvalue weighted by Crippen LogP contribution is 2.39. The SMILES string of the molecule is Fc1cccc(N(CC2CC2)C2CC2)c1CBr. The summed E-state index contributed by atoms with van der Waals surface area (Å²) in [4.78, 5) is 2.44. The Hall–Kier alpha value is -0.570. The average molecular weight is 298 g/mol. The quantitative estimate of drug-likeness (QED) is 0.740. The van der Waals surface area contributed by atoms with Crippen LogP contribution < -0.4 is 4.90 Å². The Morgan fingerprint density at radius 1 is 1.24 bits per heavy atom.